The summed E-state index contributed by atoms with van der Waals surface area (Å²) in [6, 6.07) is 11.0. The molecule has 23 heavy (non-hydrogen) atoms. The van der Waals surface area contributed by atoms with Crippen LogP contribution in [0.3, 0.4) is 0 Å². The first kappa shape index (κ1) is 17.9. The SMILES string of the molecule is CCN(/N=C(\C)c1cc(Cl)ccc1NC)c1cc(Cl)ccc1Cl. The Hall–Kier alpha value is -1.42. The van der Waals surface area contributed by atoms with Crippen LogP contribution in [0.25, 0.3) is 0 Å². The number of rotatable bonds is 5. The van der Waals surface area contributed by atoms with E-state index in [2.05, 4.69) is 5.32 Å². The van der Waals surface area contributed by atoms with Crippen molar-refractivity contribution in [3.05, 3.63) is 57.0 Å². The molecule has 2 aromatic rings. The van der Waals surface area contributed by atoms with Crippen LogP contribution in [-0.4, -0.2) is 19.3 Å². The molecule has 0 aliphatic heterocycles. The molecule has 122 valence electrons. The van der Waals surface area contributed by atoms with Gasteiger partial charge < -0.3 is 5.32 Å². The number of halogens is 3. The molecular formula is C17H18Cl3N3. The summed E-state index contributed by atoms with van der Waals surface area (Å²) in [7, 11) is 1.87. The number of anilines is 2. The molecule has 0 spiro atoms. The topological polar surface area (TPSA) is 27.6 Å². The van der Waals surface area contributed by atoms with E-state index in [1.165, 1.54) is 0 Å². The molecule has 0 radical (unpaired) electrons. The van der Waals surface area contributed by atoms with Crippen LogP contribution in [0, 0.1) is 0 Å². The number of hydrogen-bond acceptors (Lipinski definition) is 3. The molecule has 1 N–H and O–H groups in total. The summed E-state index contributed by atoms with van der Waals surface area (Å²) in [5, 5.41) is 11.6. The Balaban J connectivity index is 2.45. The second-order valence-corrected chi connectivity index (χ2v) is 6.22. The molecule has 0 aromatic heterocycles. The summed E-state index contributed by atoms with van der Waals surface area (Å²) in [5.74, 6) is 0. The molecule has 3 nitrogen and oxygen atoms in total. The normalized spacial score (nSPS) is 11.5. The Bertz CT molecular complexity index is 729. The zero-order valence-corrected chi connectivity index (χ0v) is 15.5. The van der Waals surface area contributed by atoms with Crippen molar-refractivity contribution in [3.8, 4) is 0 Å². The lowest BCUT2D eigenvalue weighted by molar-refractivity contribution is 0.892. The van der Waals surface area contributed by atoms with Crippen molar-refractivity contribution in [2.24, 2.45) is 5.10 Å². The van der Waals surface area contributed by atoms with E-state index < -0.39 is 0 Å². The minimum Gasteiger partial charge on any atom is -0.388 e. The highest BCUT2D eigenvalue weighted by Gasteiger charge is 2.11. The van der Waals surface area contributed by atoms with E-state index in [1.54, 1.807) is 18.2 Å². The first-order valence-corrected chi connectivity index (χ1v) is 8.35. The van der Waals surface area contributed by atoms with Gasteiger partial charge >= 0.3 is 0 Å². The minimum atomic E-state index is 0.604. The second-order valence-electron chi connectivity index (χ2n) is 4.94. The summed E-state index contributed by atoms with van der Waals surface area (Å²) in [4.78, 5) is 0. The first-order valence-electron chi connectivity index (χ1n) is 7.21. The monoisotopic (exact) mass is 369 g/mol. The maximum atomic E-state index is 6.28. The van der Waals surface area contributed by atoms with E-state index in [0.717, 1.165) is 22.6 Å². The molecule has 0 amide bonds. The van der Waals surface area contributed by atoms with Crippen molar-refractivity contribution in [1.29, 1.82) is 0 Å². The fourth-order valence-corrected chi connectivity index (χ4v) is 2.80. The number of hydrazone groups is 1. The lowest BCUT2D eigenvalue weighted by atomic mass is 10.1. The molecule has 0 aliphatic rings. The Morgan fingerprint density at radius 1 is 1.09 bits per heavy atom. The summed E-state index contributed by atoms with van der Waals surface area (Å²) in [6.07, 6.45) is 0. The third-order valence-corrected chi connectivity index (χ3v) is 4.19. The molecule has 0 bridgehead atoms. The van der Waals surface area contributed by atoms with Gasteiger partial charge in [0.25, 0.3) is 0 Å². The molecule has 0 aliphatic carbocycles. The standard InChI is InChI=1S/C17H18Cl3N3/c1-4-23(17-10-13(19)5-7-15(17)20)22-11(2)14-9-12(18)6-8-16(14)21-3/h5-10,21H,4H2,1-3H3/b22-11+. The number of nitrogens with zero attached hydrogens (tertiary/aromatic N) is 2. The molecule has 0 fully saturated rings. The number of benzene rings is 2. The van der Waals surface area contributed by atoms with Crippen LogP contribution < -0.4 is 10.3 Å². The van der Waals surface area contributed by atoms with E-state index in [1.807, 2.05) is 44.1 Å². The number of nitrogens with one attached hydrogen (secondary N) is 1. The molecule has 0 atom stereocenters. The van der Waals surface area contributed by atoms with Crippen molar-refractivity contribution >= 4 is 51.9 Å². The molecule has 0 saturated carbocycles. The van der Waals surface area contributed by atoms with Crippen LogP contribution in [0.15, 0.2) is 41.5 Å². The van der Waals surface area contributed by atoms with Gasteiger partial charge in [-0.15, -0.1) is 0 Å². The maximum absolute atomic E-state index is 6.28. The van der Waals surface area contributed by atoms with Crippen LogP contribution in [0.1, 0.15) is 19.4 Å². The summed E-state index contributed by atoms with van der Waals surface area (Å²) < 4.78 is 0. The van der Waals surface area contributed by atoms with Gasteiger partial charge in [0.1, 0.15) is 0 Å². The van der Waals surface area contributed by atoms with Gasteiger partial charge in [0.15, 0.2) is 0 Å². The quantitative estimate of drug-likeness (QED) is 0.521. The van der Waals surface area contributed by atoms with E-state index in [-0.39, 0.29) is 0 Å². The largest absolute Gasteiger partial charge is 0.388 e. The maximum Gasteiger partial charge on any atom is 0.0794 e. The summed E-state index contributed by atoms with van der Waals surface area (Å²) >= 11 is 18.5. The molecule has 6 heteroatoms. The van der Waals surface area contributed by atoms with Crippen molar-refractivity contribution in [3.63, 3.8) is 0 Å². The van der Waals surface area contributed by atoms with Crippen LogP contribution >= 0.6 is 34.8 Å². The Morgan fingerprint density at radius 2 is 1.74 bits per heavy atom. The highest BCUT2D eigenvalue weighted by Crippen LogP contribution is 2.30. The third-order valence-electron chi connectivity index (χ3n) is 3.40. The average Bonchev–Trinajstić information content (AvgIpc) is 2.54. The van der Waals surface area contributed by atoms with Gasteiger partial charge in [0.2, 0.25) is 0 Å². The van der Waals surface area contributed by atoms with Crippen LogP contribution in [0.4, 0.5) is 11.4 Å². The van der Waals surface area contributed by atoms with Gasteiger partial charge in [-0.25, -0.2) is 0 Å². The second kappa shape index (κ2) is 7.91. The first-order chi connectivity index (χ1) is 11.0. The molecular weight excluding hydrogens is 353 g/mol. The van der Waals surface area contributed by atoms with Gasteiger partial charge in [0.05, 0.1) is 16.4 Å². The fourth-order valence-electron chi connectivity index (χ4n) is 2.25. The smallest absolute Gasteiger partial charge is 0.0794 e. The van der Waals surface area contributed by atoms with E-state index in [4.69, 9.17) is 39.9 Å². The Labute approximate surface area is 151 Å². The third kappa shape index (κ3) is 4.31. The zero-order chi connectivity index (χ0) is 17.0. The number of hydrogen-bond donors (Lipinski definition) is 1. The van der Waals surface area contributed by atoms with Crippen molar-refractivity contribution in [2.75, 3.05) is 23.9 Å². The van der Waals surface area contributed by atoms with Crippen LogP contribution in [-0.2, 0) is 0 Å². The highest BCUT2D eigenvalue weighted by atomic mass is 35.5. The van der Waals surface area contributed by atoms with Gasteiger partial charge in [-0.3, -0.25) is 5.01 Å². The van der Waals surface area contributed by atoms with E-state index >= 15 is 0 Å². The molecule has 0 unspecified atom stereocenters. The predicted molar refractivity (Wildman–Crippen MR) is 103 cm³/mol. The summed E-state index contributed by atoms with van der Waals surface area (Å²) in [6.45, 7) is 4.60. The zero-order valence-electron chi connectivity index (χ0n) is 13.2. The minimum absolute atomic E-state index is 0.604. The molecule has 2 rings (SSSR count). The van der Waals surface area contributed by atoms with Gasteiger partial charge in [-0.1, -0.05) is 34.8 Å². The lowest BCUT2D eigenvalue weighted by Gasteiger charge is -2.20. The van der Waals surface area contributed by atoms with Gasteiger partial charge in [-0.05, 0) is 50.2 Å². The highest BCUT2D eigenvalue weighted by molar-refractivity contribution is 6.35. The van der Waals surface area contributed by atoms with E-state index in [9.17, 15) is 0 Å². The van der Waals surface area contributed by atoms with Gasteiger partial charge in [0, 0.05) is 34.9 Å². The van der Waals surface area contributed by atoms with Crippen molar-refractivity contribution < 1.29 is 0 Å². The Morgan fingerprint density at radius 3 is 2.39 bits per heavy atom. The van der Waals surface area contributed by atoms with Crippen molar-refractivity contribution in [1.82, 2.24) is 0 Å². The van der Waals surface area contributed by atoms with Crippen LogP contribution in [0.2, 0.25) is 15.1 Å². The van der Waals surface area contributed by atoms with Gasteiger partial charge in [-0.2, -0.15) is 5.10 Å². The summed E-state index contributed by atoms with van der Waals surface area (Å²) in [5.41, 5.74) is 3.50. The molecule has 0 heterocycles. The van der Waals surface area contributed by atoms with Crippen LogP contribution in [0.5, 0.6) is 0 Å². The average molecular weight is 371 g/mol. The Kier molecular flexibility index (Phi) is 6.17. The molecule has 0 saturated heterocycles. The predicted octanol–water partition coefficient (Wildman–Crippen LogP) is 5.94. The fraction of sp³-hybridized carbons (Fsp3) is 0.235. The van der Waals surface area contributed by atoms with E-state index in [0.29, 0.717) is 21.6 Å². The van der Waals surface area contributed by atoms with Crippen molar-refractivity contribution in [2.45, 2.75) is 13.8 Å². The molecule has 2 aromatic carbocycles. The lowest BCUT2D eigenvalue weighted by Crippen LogP contribution is -2.18.